The standard InChI is InChI=1S/C13H12IN3O/c1-7-2-5-9(15-6-7)12-16-11(8-3-4-8)10(14)13(18)17-12/h2,5-6,8H,3-4H2,1H3,(H,16,17,18). The fourth-order valence-electron chi connectivity index (χ4n) is 1.83. The molecule has 4 nitrogen and oxygen atoms in total. The number of nitrogens with zero attached hydrogens (tertiary/aromatic N) is 2. The first kappa shape index (κ1) is 11.8. The number of aryl methyl sites for hydroxylation is 1. The van der Waals surface area contributed by atoms with Gasteiger partial charge in [-0.3, -0.25) is 9.78 Å². The van der Waals surface area contributed by atoms with E-state index in [-0.39, 0.29) is 5.56 Å². The second-order valence-corrected chi connectivity index (χ2v) is 5.69. The van der Waals surface area contributed by atoms with Gasteiger partial charge in [0.25, 0.3) is 5.56 Å². The molecule has 2 aromatic heterocycles. The lowest BCUT2D eigenvalue weighted by Crippen LogP contribution is -2.16. The number of rotatable bonds is 2. The molecule has 1 fully saturated rings. The maximum atomic E-state index is 11.9. The highest BCUT2D eigenvalue weighted by Crippen LogP contribution is 2.40. The number of hydrogen-bond donors (Lipinski definition) is 1. The number of H-pyrrole nitrogens is 1. The van der Waals surface area contributed by atoms with Crippen molar-refractivity contribution in [1.29, 1.82) is 0 Å². The molecule has 1 aliphatic carbocycles. The number of aromatic nitrogens is 3. The third-order valence-electron chi connectivity index (χ3n) is 3.01. The average molecular weight is 353 g/mol. The molecule has 18 heavy (non-hydrogen) atoms. The molecule has 0 radical (unpaired) electrons. The first-order valence-electron chi connectivity index (χ1n) is 5.88. The van der Waals surface area contributed by atoms with Crippen molar-refractivity contribution in [1.82, 2.24) is 15.0 Å². The number of halogens is 1. The summed E-state index contributed by atoms with van der Waals surface area (Å²) in [6.45, 7) is 1.98. The van der Waals surface area contributed by atoms with Crippen LogP contribution in [-0.2, 0) is 0 Å². The van der Waals surface area contributed by atoms with Crippen molar-refractivity contribution in [3.05, 3.63) is 43.5 Å². The molecule has 1 saturated carbocycles. The SMILES string of the molecule is Cc1ccc(-c2nc(C3CC3)c(I)c(=O)[nH]2)nc1. The highest BCUT2D eigenvalue weighted by Gasteiger charge is 2.29. The van der Waals surface area contributed by atoms with Crippen LogP contribution < -0.4 is 5.56 Å². The Labute approximate surface area is 118 Å². The van der Waals surface area contributed by atoms with Crippen LogP contribution in [0.4, 0.5) is 0 Å². The van der Waals surface area contributed by atoms with Crippen molar-refractivity contribution < 1.29 is 0 Å². The van der Waals surface area contributed by atoms with Gasteiger partial charge in [-0.25, -0.2) is 4.98 Å². The Morgan fingerprint density at radius 1 is 1.39 bits per heavy atom. The zero-order valence-electron chi connectivity index (χ0n) is 9.90. The van der Waals surface area contributed by atoms with Crippen molar-refractivity contribution in [2.75, 3.05) is 0 Å². The van der Waals surface area contributed by atoms with Crippen molar-refractivity contribution >= 4 is 22.6 Å². The van der Waals surface area contributed by atoms with Crippen molar-refractivity contribution in [2.45, 2.75) is 25.7 Å². The van der Waals surface area contributed by atoms with Gasteiger partial charge in [-0.05, 0) is 54.0 Å². The molecule has 0 amide bonds. The van der Waals surface area contributed by atoms with E-state index < -0.39 is 0 Å². The van der Waals surface area contributed by atoms with E-state index in [1.807, 2.05) is 19.1 Å². The van der Waals surface area contributed by atoms with Gasteiger partial charge in [0, 0.05) is 12.1 Å². The predicted octanol–water partition coefficient (Wildman–Crippen LogP) is 2.62. The van der Waals surface area contributed by atoms with E-state index in [0.29, 0.717) is 15.3 Å². The zero-order valence-corrected chi connectivity index (χ0v) is 12.1. The third kappa shape index (κ3) is 2.19. The van der Waals surface area contributed by atoms with Crippen molar-refractivity contribution in [3.63, 3.8) is 0 Å². The van der Waals surface area contributed by atoms with Gasteiger partial charge in [-0.2, -0.15) is 0 Å². The monoisotopic (exact) mass is 353 g/mol. The quantitative estimate of drug-likeness (QED) is 0.845. The van der Waals surface area contributed by atoms with Gasteiger partial charge in [0.1, 0.15) is 9.26 Å². The highest BCUT2D eigenvalue weighted by molar-refractivity contribution is 14.1. The lowest BCUT2D eigenvalue weighted by molar-refractivity contribution is 0.952. The molecule has 0 aromatic carbocycles. The summed E-state index contributed by atoms with van der Waals surface area (Å²) in [5.41, 5.74) is 2.67. The summed E-state index contributed by atoms with van der Waals surface area (Å²) in [7, 11) is 0. The van der Waals surface area contributed by atoms with Crippen LogP contribution in [0, 0.1) is 10.5 Å². The number of hydrogen-bond acceptors (Lipinski definition) is 3. The minimum atomic E-state index is -0.0649. The van der Waals surface area contributed by atoms with Crippen LogP contribution in [0.15, 0.2) is 23.1 Å². The van der Waals surface area contributed by atoms with Gasteiger partial charge in [-0.1, -0.05) is 6.07 Å². The molecule has 92 valence electrons. The minimum absolute atomic E-state index is 0.0649. The topological polar surface area (TPSA) is 58.6 Å². The van der Waals surface area contributed by atoms with Crippen LogP contribution in [0.2, 0.25) is 0 Å². The summed E-state index contributed by atoms with van der Waals surface area (Å²) in [5.74, 6) is 1.03. The molecule has 1 N–H and O–H groups in total. The molecule has 0 spiro atoms. The van der Waals surface area contributed by atoms with Gasteiger partial charge < -0.3 is 4.98 Å². The Bertz CT molecular complexity index is 644. The average Bonchev–Trinajstić information content (AvgIpc) is 3.18. The van der Waals surface area contributed by atoms with Gasteiger partial charge >= 0.3 is 0 Å². The summed E-state index contributed by atoms with van der Waals surface area (Å²) in [6.07, 6.45) is 4.05. The normalized spacial score (nSPS) is 14.8. The molecular formula is C13H12IN3O. The Morgan fingerprint density at radius 3 is 2.78 bits per heavy atom. The van der Waals surface area contributed by atoms with Crippen LogP contribution in [0.1, 0.15) is 30.0 Å². The van der Waals surface area contributed by atoms with Crippen LogP contribution in [0.25, 0.3) is 11.5 Å². The minimum Gasteiger partial charge on any atom is -0.304 e. The number of pyridine rings is 1. The molecule has 0 aliphatic heterocycles. The lowest BCUT2D eigenvalue weighted by atomic mass is 10.2. The molecular weight excluding hydrogens is 341 g/mol. The molecule has 0 saturated heterocycles. The summed E-state index contributed by atoms with van der Waals surface area (Å²) < 4.78 is 0.714. The highest BCUT2D eigenvalue weighted by atomic mass is 127. The van der Waals surface area contributed by atoms with E-state index in [1.165, 1.54) is 0 Å². The maximum absolute atomic E-state index is 11.9. The Morgan fingerprint density at radius 2 is 2.17 bits per heavy atom. The van der Waals surface area contributed by atoms with Crippen LogP contribution in [0.5, 0.6) is 0 Å². The van der Waals surface area contributed by atoms with Crippen molar-refractivity contribution in [2.24, 2.45) is 0 Å². The van der Waals surface area contributed by atoms with Gasteiger partial charge in [0.05, 0.1) is 5.69 Å². The first-order chi connectivity index (χ1) is 8.65. The van der Waals surface area contributed by atoms with E-state index in [9.17, 15) is 4.79 Å². The van der Waals surface area contributed by atoms with E-state index >= 15 is 0 Å². The molecule has 0 atom stereocenters. The van der Waals surface area contributed by atoms with E-state index in [1.54, 1.807) is 6.20 Å². The molecule has 1 aliphatic rings. The fourth-order valence-corrected chi connectivity index (χ4v) is 2.53. The summed E-state index contributed by atoms with van der Waals surface area (Å²) in [5, 5.41) is 0. The van der Waals surface area contributed by atoms with Gasteiger partial charge in [0.2, 0.25) is 0 Å². The Balaban J connectivity index is 2.12. The molecule has 0 unspecified atom stereocenters. The molecule has 2 aromatic rings. The molecule has 3 rings (SSSR count). The summed E-state index contributed by atoms with van der Waals surface area (Å²) in [6, 6.07) is 3.86. The second kappa shape index (κ2) is 4.46. The number of nitrogens with one attached hydrogen (secondary N) is 1. The number of aromatic amines is 1. The van der Waals surface area contributed by atoms with Crippen LogP contribution in [-0.4, -0.2) is 15.0 Å². The van der Waals surface area contributed by atoms with E-state index in [4.69, 9.17) is 0 Å². The molecule has 5 heteroatoms. The van der Waals surface area contributed by atoms with Gasteiger partial charge in [-0.15, -0.1) is 0 Å². The predicted molar refractivity (Wildman–Crippen MR) is 77.5 cm³/mol. The van der Waals surface area contributed by atoms with Crippen molar-refractivity contribution in [3.8, 4) is 11.5 Å². The fraction of sp³-hybridized carbons (Fsp3) is 0.308. The third-order valence-corrected chi connectivity index (χ3v) is 4.05. The smallest absolute Gasteiger partial charge is 0.264 e. The van der Waals surface area contributed by atoms with Gasteiger partial charge in [0.15, 0.2) is 5.82 Å². The second-order valence-electron chi connectivity index (χ2n) is 4.61. The van der Waals surface area contributed by atoms with E-state index in [2.05, 4.69) is 37.5 Å². The first-order valence-corrected chi connectivity index (χ1v) is 6.96. The molecule has 2 heterocycles. The van der Waals surface area contributed by atoms with E-state index in [0.717, 1.165) is 29.8 Å². The largest absolute Gasteiger partial charge is 0.304 e. The Hall–Kier alpha value is -1.24. The van der Waals surface area contributed by atoms with Crippen LogP contribution in [0.3, 0.4) is 0 Å². The lowest BCUT2D eigenvalue weighted by Gasteiger charge is -2.05. The summed E-state index contributed by atoms with van der Waals surface area (Å²) >= 11 is 2.07. The zero-order chi connectivity index (χ0) is 12.7. The molecule has 0 bridgehead atoms. The Kier molecular flexibility index (Phi) is 2.93. The van der Waals surface area contributed by atoms with Crippen LogP contribution >= 0.6 is 22.6 Å². The maximum Gasteiger partial charge on any atom is 0.264 e. The summed E-state index contributed by atoms with van der Waals surface area (Å²) in [4.78, 5) is 23.6.